The molecule has 0 aliphatic carbocycles. The van der Waals surface area contributed by atoms with Crippen LogP contribution >= 0.6 is 0 Å². The third-order valence-electron chi connectivity index (χ3n) is 2.77. The van der Waals surface area contributed by atoms with Gasteiger partial charge in [-0.3, -0.25) is 0 Å². The third kappa shape index (κ3) is 3.78. The first-order chi connectivity index (χ1) is 8.18. The quantitative estimate of drug-likeness (QED) is 0.721. The molecule has 1 atom stereocenters. The van der Waals surface area contributed by atoms with Crippen molar-refractivity contribution in [1.82, 2.24) is 4.72 Å². The van der Waals surface area contributed by atoms with Crippen LogP contribution in [0.3, 0.4) is 0 Å². The van der Waals surface area contributed by atoms with E-state index >= 15 is 0 Å². The van der Waals surface area contributed by atoms with Crippen molar-refractivity contribution < 1.29 is 18.6 Å². The van der Waals surface area contributed by atoms with Gasteiger partial charge in [-0.15, -0.1) is 0 Å². The second kappa shape index (κ2) is 5.36. The van der Waals surface area contributed by atoms with Crippen LogP contribution in [0, 0.1) is 13.8 Å². The Hall–Kier alpha value is -0.950. The lowest BCUT2D eigenvalue weighted by atomic mass is 10.1. The van der Waals surface area contributed by atoms with Crippen molar-refractivity contribution in [1.29, 1.82) is 0 Å². The largest absolute Gasteiger partial charge is 0.393 e. The molecule has 0 bridgehead atoms. The summed E-state index contributed by atoms with van der Waals surface area (Å²) in [7, 11) is -3.66. The Balaban J connectivity index is 2.90. The van der Waals surface area contributed by atoms with E-state index in [9.17, 15) is 13.5 Å². The molecular formula is C12H19NO4S. The first-order valence-corrected chi connectivity index (χ1v) is 7.06. The van der Waals surface area contributed by atoms with Crippen LogP contribution < -0.4 is 4.72 Å². The topological polar surface area (TPSA) is 86.6 Å². The Kier molecular flexibility index (Phi) is 4.50. The summed E-state index contributed by atoms with van der Waals surface area (Å²) in [5.74, 6) is 0. The number of aliphatic hydroxyl groups is 2. The SMILES string of the molecule is Cc1ccc(S(=O)(=O)NCC(C)(O)CO)cc1C. The molecule has 1 rings (SSSR count). The standard InChI is InChI=1S/C12H19NO4S/c1-9-4-5-11(6-10(9)2)18(16,17)13-7-12(3,15)8-14/h4-6,13-15H,7-8H2,1-3H3. The number of hydrogen-bond donors (Lipinski definition) is 3. The number of rotatable bonds is 5. The molecule has 1 unspecified atom stereocenters. The molecular weight excluding hydrogens is 254 g/mol. The molecule has 18 heavy (non-hydrogen) atoms. The fraction of sp³-hybridized carbons (Fsp3) is 0.500. The van der Waals surface area contributed by atoms with Gasteiger partial charge >= 0.3 is 0 Å². The summed E-state index contributed by atoms with van der Waals surface area (Å²) in [6.07, 6.45) is 0. The van der Waals surface area contributed by atoms with E-state index in [-0.39, 0.29) is 11.4 Å². The van der Waals surface area contributed by atoms with E-state index < -0.39 is 22.2 Å². The maximum Gasteiger partial charge on any atom is 0.240 e. The van der Waals surface area contributed by atoms with Gasteiger partial charge in [0, 0.05) is 6.54 Å². The van der Waals surface area contributed by atoms with Gasteiger partial charge < -0.3 is 10.2 Å². The number of hydrogen-bond acceptors (Lipinski definition) is 4. The van der Waals surface area contributed by atoms with Gasteiger partial charge in [0.25, 0.3) is 0 Å². The molecule has 0 aliphatic heterocycles. The van der Waals surface area contributed by atoms with Gasteiger partial charge in [0.2, 0.25) is 10.0 Å². The highest BCUT2D eigenvalue weighted by molar-refractivity contribution is 7.89. The van der Waals surface area contributed by atoms with Crippen LogP contribution in [0.25, 0.3) is 0 Å². The van der Waals surface area contributed by atoms with Gasteiger partial charge in [0.05, 0.1) is 17.1 Å². The van der Waals surface area contributed by atoms with Crippen LogP contribution in [0.15, 0.2) is 23.1 Å². The molecule has 1 aromatic rings. The Labute approximate surface area is 108 Å². The van der Waals surface area contributed by atoms with Gasteiger partial charge in [-0.1, -0.05) is 6.07 Å². The average molecular weight is 273 g/mol. The summed E-state index contributed by atoms with van der Waals surface area (Å²) >= 11 is 0. The Morgan fingerprint density at radius 3 is 2.39 bits per heavy atom. The van der Waals surface area contributed by atoms with Crippen molar-refractivity contribution in [3.63, 3.8) is 0 Å². The Morgan fingerprint density at radius 2 is 1.89 bits per heavy atom. The molecule has 0 amide bonds. The van der Waals surface area contributed by atoms with Gasteiger partial charge in [0.1, 0.15) is 0 Å². The van der Waals surface area contributed by atoms with E-state index in [2.05, 4.69) is 4.72 Å². The maximum absolute atomic E-state index is 12.0. The Morgan fingerprint density at radius 1 is 1.28 bits per heavy atom. The summed E-state index contributed by atoms with van der Waals surface area (Å²) in [6.45, 7) is 4.34. The molecule has 0 spiro atoms. The maximum atomic E-state index is 12.0. The molecule has 1 aromatic carbocycles. The fourth-order valence-electron chi connectivity index (χ4n) is 1.27. The first kappa shape index (κ1) is 15.1. The summed E-state index contributed by atoms with van der Waals surface area (Å²) in [4.78, 5) is 0.152. The van der Waals surface area contributed by atoms with Crippen LogP contribution in [0.2, 0.25) is 0 Å². The summed E-state index contributed by atoms with van der Waals surface area (Å²) in [5, 5.41) is 18.4. The second-order valence-corrected chi connectivity index (χ2v) is 6.49. The van der Waals surface area contributed by atoms with E-state index in [4.69, 9.17) is 5.11 Å². The van der Waals surface area contributed by atoms with E-state index in [1.54, 1.807) is 12.1 Å². The highest BCUT2D eigenvalue weighted by Gasteiger charge is 2.23. The van der Waals surface area contributed by atoms with Crippen molar-refractivity contribution >= 4 is 10.0 Å². The number of benzene rings is 1. The highest BCUT2D eigenvalue weighted by Crippen LogP contribution is 2.15. The zero-order chi connectivity index (χ0) is 14.0. The molecule has 102 valence electrons. The lowest BCUT2D eigenvalue weighted by Crippen LogP contribution is -2.43. The normalized spacial score (nSPS) is 15.4. The average Bonchev–Trinajstić information content (AvgIpc) is 2.30. The monoisotopic (exact) mass is 273 g/mol. The molecule has 0 radical (unpaired) electrons. The minimum absolute atomic E-state index is 0.152. The molecule has 0 saturated heterocycles. The van der Waals surface area contributed by atoms with Gasteiger partial charge in [-0.2, -0.15) is 0 Å². The van der Waals surface area contributed by atoms with Gasteiger partial charge in [0.15, 0.2) is 0 Å². The Bertz CT molecular complexity index is 523. The molecule has 0 aromatic heterocycles. The number of aliphatic hydroxyl groups excluding tert-OH is 1. The van der Waals surface area contributed by atoms with Crippen molar-refractivity contribution in [3.05, 3.63) is 29.3 Å². The molecule has 3 N–H and O–H groups in total. The van der Waals surface area contributed by atoms with Gasteiger partial charge in [-0.25, -0.2) is 13.1 Å². The van der Waals surface area contributed by atoms with E-state index in [0.29, 0.717) is 0 Å². The third-order valence-corrected chi connectivity index (χ3v) is 4.17. The van der Waals surface area contributed by atoms with E-state index in [1.165, 1.54) is 13.0 Å². The predicted molar refractivity (Wildman–Crippen MR) is 68.8 cm³/mol. The smallest absolute Gasteiger partial charge is 0.240 e. The predicted octanol–water partition coefficient (Wildman–Crippen LogP) is 0.325. The summed E-state index contributed by atoms with van der Waals surface area (Å²) < 4.78 is 26.2. The zero-order valence-corrected chi connectivity index (χ0v) is 11.6. The molecule has 0 saturated carbocycles. The first-order valence-electron chi connectivity index (χ1n) is 5.58. The summed E-state index contributed by atoms with van der Waals surface area (Å²) in [6, 6.07) is 4.82. The lowest BCUT2D eigenvalue weighted by Gasteiger charge is -2.20. The van der Waals surface area contributed by atoms with Crippen molar-refractivity contribution in [2.75, 3.05) is 13.2 Å². The van der Waals surface area contributed by atoms with E-state index in [1.807, 2.05) is 13.8 Å². The van der Waals surface area contributed by atoms with Crippen molar-refractivity contribution in [2.45, 2.75) is 31.3 Å². The number of aryl methyl sites for hydroxylation is 2. The van der Waals surface area contributed by atoms with Gasteiger partial charge in [-0.05, 0) is 44.0 Å². The molecule has 0 aliphatic rings. The van der Waals surface area contributed by atoms with Crippen LogP contribution in [-0.4, -0.2) is 37.4 Å². The van der Waals surface area contributed by atoms with E-state index in [0.717, 1.165) is 11.1 Å². The lowest BCUT2D eigenvalue weighted by molar-refractivity contribution is 0.00681. The van der Waals surface area contributed by atoms with Crippen LogP contribution in [-0.2, 0) is 10.0 Å². The van der Waals surface area contributed by atoms with Crippen molar-refractivity contribution in [2.24, 2.45) is 0 Å². The molecule has 6 heteroatoms. The molecule has 0 heterocycles. The second-order valence-electron chi connectivity index (χ2n) is 4.73. The zero-order valence-electron chi connectivity index (χ0n) is 10.8. The van der Waals surface area contributed by atoms with Crippen LogP contribution in [0.4, 0.5) is 0 Å². The minimum atomic E-state index is -3.66. The highest BCUT2D eigenvalue weighted by atomic mass is 32.2. The number of nitrogens with one attached hydrogen (secondary N) is 1. The van der Waals surface area contributed by atoms with Crippen LogP contribution in [0.1, 0.15) is 18.1 Å². The number of sulfonamides is 1. The summed E-state index contributed by atoms with van der Waals surface area (Å²) in [5.41, 5.74) is 0.426. The fourth-order valence-corrected chi connectivity index (χ4v) is 2.52. The minimum Gasteiger partial charge on any atom is -0.393 e. The molecule has 5 nitrogen and oxygen atoms in total. The molecule has 0 fully saturated rings. The van der Waals surface area contributed by atoms with Crippen LogP contribution in [0.5, 0.6) is 0 Å². The van der Waals surface area contributed by atoms with Crippen molar-refractivity contribution in [3.8, 4) is 0 Å².